The van der Waals surface area contributed by atoms with Crippen molar-refractivity contribution in [1.29, 1.82) is 0 Å². The molecule has 0 saturated carbocycles. The lowest BCUT2D eigenvalue weighted by Crippen LogP contribution is -2.46. The molecule has 1 unspecified atom stereocenters. The van der Waals surface area contributed by atoms with Crippen LogP contribution >= 0.6 is 0 Å². The van der Waals surface area contributed by atoms with E-state index in [-0.39, 0.29) is 12.1 Å². The van der Waals surface area contributed by atoms with Crippen molar-refractivity contribution in [3.63, 3.8) is 0 Å². The normalized spacial score (nSPS) is 15.8. The van der Waals surface area contributed by atoms with E-state index >= 15 is 0 Å². The van der Waals surface area contributed by atoms with Crippen molar-refractivity contribution < 1.29 is 9.32 Å². The van der Waals surface area contributed by atoms with Gasteiger partial charge in [-0.05, 0) is 43.4 Å². The Morgan fingerprint density at radius 3 is 2.33 bits per heavy atom. The molecule has 0 fully saturated rings. The molecule has 0 saturated heterocycles. The molecule has 1 N–H and O–H groups in total. The topological polar surface area (TPSA) is 71.3 Å². The molecule has 6 heteroatoms. The SMILES string of the molecule is CCc1ccc(C2NC(=O)N(CCc3ccccc3)C(C)=C2c2nc(-c3ccc(C)cc3)no2)cc1. The summed E-state index contributed by atoms with van der Waals surface area (Å²) in [4.78, 5) is 19.8. The maximum Gasteiger partial charge on any atom is 0.322 e. The molecule has 6 nitrogen and oxygen atoms in total. The third-order valence-electron chi connectivity index (χ3n) is 6.75. The van der Waals surface area contributed by atoms with Gasteiger partial charge in [0.25, 0.3) is 5.89 Å². The van der Waals surface area contributed by atoms with E-state index < -0.39 is 0 Å². The lowest BCUT2D eigenvalue weighted by atomic mass is 9.93. The van der Waals surface area contributed by atoms with Gasteiger partial charge in [-0.2, -0.15) is 4.98 Å². The second-order valence-corrected chi connectivity index (χ2v) is 9.15. The maximum atomic E-state index is 13.3. The number of hydrogen-bond acceptors (Lipinski definition) is 4. The van der Waals surface area contributed by atoms with Crippen molar-refractivity contribution in [3.8, 4) is 11.4 Å². The first-order valence-electron chi connectivity index (χ1n) is 12.4. The van der Waals surface area contributed by atoms with Gasteiger partial charge in [-0.3, -0.25) is 4.90 Å². The monoisotopic (exact) mass is 478 g/mol. The van der Waals surface area contributed by atoms with E-state index in [1.165, 1.54) is 16.7 Å². The summed E-state index contributed by atoms with van der Waals surface area (Å²) in [6.45, 7) is 6.68. The number of nitrogens with zero attached hydrogens (tertiary/aromatic N) is 3. The molecule has 0 bridgehead atoms. The highest BCUT2D eigenvalue weighted by Gasteiger charge is 2.35. The summed E-state index contributed by atoms with van der Waals surface area (Å²) in [6.07, 6.45) is 1.70. The number of urea groups is 1. The first-order valence-corrected chi connectivity index (χ1v) is 12.4. The Kier molecular flexibility index (Phi) is 6.67. The summed E-state index contributed by atoms with van der Waals surface area (Å²) >= 11 is 0. The fraction of sp³-hybridized carbons (Fsp3) is 0.233. The number of amides is 2. The number of aromatic nitrogens is 2. The van der Waals surface area contributed by atoms with Gasteiger partial charge < -0.3 is 9.84 Å². The molecular weight excluding hydrogens is 448 g/mol. The predicted octanol–water partition coefficient (Wildman–Crippen LogP) is 6.35. The van der Waals surface area contributed by atoms with Gasteiger partial charge >= 0.3 is 6.03 Å². The van der Waals surface area contributed by atoms with E-state index in [2.05, 4.69) is 53.8 Å². The van der Waals surface area contributed by atoms with Crippen molar-refractivity contribution in [1.82, 2.24) is 20.4 Å². The van der Waals surface area contributed by atoms with E-state index in [0.717, 1.165) is 35.2 Å². The van der Waals surface area contributed by atoms with Gasteiger partial charge in [-0.15, -0.1) is 0 Å². The Bertz CT molecular complexity index is 1370. The first kappa shape index (κ1) is 23.5. The molecule has 1 aliphatic rings. The zero-order valence-corrected chi connectivity index (χ0v) is 20.9. The minimum atomic E-state index is -0.386. The van der Waals surface area contributed by atoms with Crippen LogP contribution in [0, 0.1) is 6.92 Å². The maximum absolute atomic E-state index is 13.3. The standard InChI is InChI=1S/C30H30N4O2/c1-4-22-12-16-24(17-13-22)27-26(29-32-28(33-36-29)25-14-10-20(2)11-15-25)21(3)34(30(35)31-27)19-18-23-8-6-5-7-9-23/h5-17,27H,4,18-19H2,1-3H3,(H,31,35). The quantitative estimate of drug-likeness (QED) is 0.336. The second-order valence-electron chi connectivity index (χ2n) is 9.15. The number of rotatable bonds is 7. The molecule has 0 spiro atoms. The van der Waals surface area contributed by atoms with Crippen LogP contribution in [0.3, 0.4) is 0 Å². The Morgan fingerprint density at radius 1 is 0.917 bits per heavy atom. The van der Waals surface area contributed by atoms with Gasteiger partial charge in [0, 0.05) is 17.8 Å². The summed E-state index contributed by atoms with van der Waals surface area (Å²) in [5.41, 5.74) is 7.09. The molecule has 1 aromatic heterocycles. The van der Waals surface area contributed by atoms with Crippen LogP contribution in [0.1, 0.15) is 48.0 Å². The van der Waals surface area contributed by atoms with Crippen molar-refractivity contribution in [3.05, 3.63) is 113 Å². The highest BCUT2D eigenvalue weighted by atomic mass is 16.5. The van der Waals surface area contributed by atoms with Gasteiger partial charge in [0.15, 0.2) is 0 Å². The zero-order valence-electron chi connectivity index (χ0n) is 20.9. The fourth-order valence-electron chi connectivity index (χ4n) is 4.56. The summed E-state index contributed by atoms with van der Waals surface area (Å²) in [6, 6.07) is 26.0. The lowest BCUT2D eigenvalue weighted by molar-refractivity contribution is 0.205. The van der Waals surface area contributed by atoms with Crippen LogP contribution in [0.4, 0.5) is 4.79 Å². The molecule has 5 rings (SSSR count). The van der Waals surface area contributed by atoms with E-state index in [9.17, 15) is 4.79 Å². The molecule has 36 heavy (non-hydrogen) atoms. The van der Waals surface area contributed by atoms with Gasteiger partial charge in [-0.25, -0.2) is 4.79 Å². The average molecular weight is 479 g/mol. The van der Waals surface area contributed by atoms with Gasteiger partial charge in [0.05, 0.1) is 11.6 Å². The lowest BCUT2D eigenvalue weighted by Gasteiger charge is -2.35. The van der Waals surface area contributed by atoms with Crippen LogP contribution < -0.4 is 5.32 Å². The number of aryl methyl sites for hydroxylation is 2. The van der Waals surface area contributed by atoms with Crippen molar-refractivity contribution in [2.75, 3.05) is 6.54 Å². The Hall–Kier alpha value is -4.19. The second kappa shape index (κ2) is 10.2. The molecule has 182 valence electrons. The van der Waals surface area contributed by atoms with E-state index in [4.69, 9.17) is 9.51 Å². The van der Waals surface area contributed by atoms with Crippen molar-refractivity contribution in [2.24, 2.45) is 0 Å². The fourth-order valence-corrected chi connectivity index (χ4v) is 4.56. The van der Waals surface area contributed by atoms with Crippen molar-refractivity contribution in [2.45, 2.75) is 39.7 Å². The third-order valence-corrected chi connectivity index (χ3v) is 6.75. The molecule has 1 atom stereocenters. The molecule has 2 heterocycles. The minimum Gasteiger partial charge on any atom is -0.334 e. The number of carbonyl (C=O) groups is 1. The molecule has 0 radical (unpaired) electrons. The Morgan fingerprint density at radius 2 is 1.64 bits per heavy atom. The van der Waals surface area contributed by atoms with Crippen LogP contribution in [-0.2, 0) is 12.8 Å². The van der Waals surface area contributed by atoms with E-state index in [0.29, 0.717) is 18.3 Å². The van der Waals surface area contributed by atoms with Crippen molar-refractivity contribution >= 4 is 11.6 Å². The Labute approximate surface area is 211 Å². The van der Waals surface area contributed by atoms with Gasteiger partial charge in [0.1, 0.15) is 0 Å². The molecular formula is C30H30N4O2. The van der Waals surface area contributed by atoms with Crippen LogP contribution in [-0.4, -0.2) is 27.6 Å². The van der Waals surface area contributed by atoms with Gasteiger partial charge in [0.2, 0.25) is 5.82 Å². The number of allylic oxidation sites excluding steroid dienone is 1. The summed E-state index contributed by atoms with van der Waals surface area (Å²) in [7, 11) is 0. The van der Waals surface area contributed by atoms with E-state index in [1.807, 2.05) is 56.3 Å². The average Bonchev–Trinajstić information content (AvgIpc) is 3.39. The number of nitrogens with one attached hydrogen (secondary N) is 1. The predicted molar refractivity (Wildman–Crippen MR) is 141 cm³/mol. The van der Waals surface area contributed by atoms with Crippen LogP contribution in [0.2, 0.25) is 0 Å². The highest BCUT2D eigenvalue weighted by molar-refractivity contribution is 5.87. The van der Waals surface area contributed by atoms with E-state index in [1.54, 1.807) is 4.90 Å². The summed E-state index contributed by atoms with van der Waals surface area (Å²) in [5.74, 6) is 0.940. The summed E-state index contributed by atoms with van der Waals surface area (Å²) in [5, 5.41) is 7.46. The molecule has 2 amide bonds. The molecule has 1 aliphatic heterocycles. The smallest absolute Gasteiger partial charge is 0.322 e. The molecule has 4 aromatic rings. The Balaban J connectivity index is 1.54. The third kappa shape index (κ3) is 4.80. The zero-order chi connectivity index (χ0) is 25.1. The van der Waals surface area contributed by atoms with Crippen LogP contribution in [0.25, 0.3) is 17.0 Å². The first-order chi connectivity index (χ1) is 17.5. The van der Waals surface area contributed by atoms with Crippen LogP contribution in [0.15, 0.2) is 89.1 Å². The highest BCUT2D eigenvalue weighted by Crippen LogP contribution is 2.37. The summed E-state index contributed by atoms with van der Waals surface area (Å²) < 4.78 is 5.81. The van der Waals surface area contributed by atoms with Crippen LogP contribution in [0.5, 0.6) is 0 Å². The number of hydrogen-bond donors (Lipinski definition) is 1. The molecule has 0 aliphatic carbocycles. The largest absolute Gasteiger partial charge is 0.334 e. The van der Waals surface area contributed by atoms with Gasteiger partial charge in [-0.1, -0.05) is 96.5 Å². The number of benzene rings is 3. The molecule has 3 aromatic carbocycles. The minimum absolute atomic E-state index is 0.130. The number of carbonyl (C=O) groups excluding carboxylic acids is 1.